The van der Waals surface area contributed by atoms with Gasteiger partial charge in [-0.25, -0.2) is 0 Å². The molecule has 0 bridgehead atoms. The molecule has 1 aliphatic carbocycles. The summed E-state index contributed by atoms with van der Waals surface area (Å²) in [7, 11) is 0. The Morgan fingerprint density at radius 2 is 2.17 bits per heavy atom. The number of rotatable bonds is 0. The molecule has 0 nitrogen and oxygen atoms in total. The van der Waals surface area contributed by atoms with E-state index in [2.05, 4.69) is 6.42 Å². The Kier molecular flexibility index (Phi) is 0.836. The zero-order chi connectivity index (χ0) is 4.62. The average molecular weight is 104 g/mol. The van der Waals surface area contributed by atoms with Crippen LogP contribution in [0.3, 0.4) is 0 Å². The van der Waals surface area contributed by atoms with Gasteiger partial charge in [0.25, 0.3) is 0 Å². The molecule has 1 rings (SSSR count). The monoisotopic (exact) mass is 103 g/mol. The second-order valence-corrected chi connectivity index (χ2v) is 2.88. The summed E-state index contributed by atoms with van der Waals surface area (Å²) < 4.78 is 0. The fourth-order valence-corrected chi connectivity index (χ4v) is 0.760. The minimum Gasteiger partial charge on any atom is -0.119 e. The number of hydrogen-bond donors (Lipinski definition) is 0. The Labute approximate surface area is 43.5 Å². The Morgan fingerprint density at radius 1 is 1.83 bits per heavy atom. The maximum Gasteiger partial charge on any atom is 0.0450 e. The lowest BCUT2D eigenvalue weighted by Gasteiger charge is -2.30. The molecule has 1 unspecified atom stereocenters. The van der Waals surface area contributed by atoms with Crippen LogP contribution >= 0.6 is 11.6 Å². The molecule has 1 heteroatoms. The molecule has 0 spiro atoms. The fraction of sp³-hybridized carbons (Fsp3) is 0.800. The van der Waals surface area contributed by atoms with Gasteiger partial charge in [-0.3, -0.25) is 0 Å². The topological polar surface area (TPSA) is 0 Å². The van der Waals surface area contributed by atoms with Crippen molar-refractivity contribution in [1.29, 1.82) is 0 Å². The third-order valence-corrected chi connectivity index (χ3v) is 1.55. The van der Waals surface area contributed by atoms with Gasteiger partial charge in [0.05, 0.1) is 0 Å². The van der Waals surface area contributed by atoms with Crippen LogP contribution in [0, 0.1) is 6.42 Å². The molecule has 1 aliphatic rings. The summed E-state index contributed by atoms with van der Waals surface area (Å²) in [5.41, 5.74) is 0. The van der Waals surface area contributed by atoms with E-state index in [0.717, 1.165) is 6.42 Å². The van der Waals surface area contributed by atoms with Gasteiger partial charge < -0.3 is 0 Å². The lowest BCUT2D eigenvalue weighted by atomic mass is 9.86. The SMILES string of the molecule is CC1(Cl)[CH]CC1. The highest BCUT2D eigenvalue weighted by Crippen LogP contribution is 2.35. The lowest BCUT2D eigenvalue weighted by molar-refractivity contribution is 0.510. The normalized spacial score (nSPS) is 29.0. The zero-order valence-corrected chi connectivity index (χ0v) is 4.63. The molecule has 0 N–H and O–H groups in total. The molecule has 0 aliphatic heterocycles. The van der Waals surface area contributed by atoms with Gasteiger partial charge in [0, 0.05) is 4.87 Å². The van der Waals surface area contributed by atoms with E-state index in [9.17, 15) is 0 Å². The Morgan fingerprint density at radius 3 is 2.17 bits per heavy atom. The van der Waals surface area contributed by atoms with Crippen LogP contribution in [-0.4, -0.2) is 4.87 Å². The Bertz CT molecular complexity index is 51.0. The number of alkyl halides is 1. The van der Waals surface area contributed by atoms with Gasteiger partial charge in [-0.1, -0.05) is 0 Å². The van der Waals surface area contributed by atoms with Gasteiger partial charge in [0.2, 0.25) is 0 Å². The van der Waals surface area contributed by atoms with Crippen LogP contribution in [0.4, 0.5) is 0 Å². The van der Waals surface area contributed by atoms with E-state index in [-0.39, 0.29) is 4.87 Å². The van der Waals surface area contributed by atoms with Gasteiger partial charge in [0.15, 0.2) is 0 Å². The first-order valence-electron chi connectivity index (χ1n) is 2.24. The third-order valence-electron chi connectivity index (χ3n) is 1.20. The van der Waals surface area contributed by atoms with Crippen LogP contribution in [0.25, 0.3) is 0 Å². The van der Waals surface area contributed by atoms with Crippen LogP contribution in [0.2, 0.25) is 0 Å². The first-order valence-corrected chi connectivity index (χ1v) is 2.62. The maximum absolute atomic E-state index is 5.75. The minimum absolute atomic E-state index is 0.0694. The average Bonchev–Trinajstić information content (AvgIpc) is 1.32. The summed E-state index contributed by atoms with van der Waals surface area (Å²) in [4.78, 5) is 0.0694. The minimum atomic E-state index is 0.0694. The predicted molar refractivity (Wildman–Crippen MR) is 27.8 cm³/mol. The Balaban J connectivity index is 2.31. The van der Waals surface area contributed by atoms with Crippen molar-refractivity contribution in [3.05, 3.63) is 6.42 Å². The van der Waals surface area contributed by atoms with Crippen LogP contribution in [0.15, 0.2) is 0 Å². The molecule has 0 aromatic rings. The third kappa shape index (κ3) is 0.676. The molecule has 1 saturated carbocycles. The predicted octanol–water partition coefficient (Wildman–Crippen LogP) is 1.98. The number of halogens is 1. The second-order valence-electron chi connectivity index (χ2n) is 2.02. The van der Waals surface area contributed by atoms with E-state index in [0.29, 0.717) is 0 Å². The highest BCUT2D eigenvalue weighted by molar-refractivity contribution is 6.25. The molecule has 0 amide bonds. The van der Waals surface area contributed by atoms with Crippen molar-refractivity contribution in [1.82, 2.24) is 0 Å². The Hall–Kier alpha value is 0.290. The van der Waals surface area contributed by atoms with Gasteiger partial charge in [-0.05, 0) is 26.2 Å². The summed E-state index contributed by atoms with van der Waals surface area (Å²) in [6.45, 7) is 2.04. The maximum atomic E-state index is 5.75. The smallest absolute Gasteiger partial charge is 0.0450 e. The molecule has 1 atom stereocenters. The molecular weight excluding hydrogens is 95.5 g/mol. The molecule has 0 saturated heterocycles. The van der Waals surface area contributed by atoms with Crippen LogP contribution in [-0.2, 0) is 0 Å². The van der Waals surface area contributed by atoms with Crippen molar-refractivity contribution in [3.8, 4) is 0 Å². The summed E-state index contributed by atoms with van der Waals surface area (Å²) in [6.07, 6.45) is 4.50. The van der Waals surface area contributed by atoms with E-state index in [1.807, 2.05) is 6.92 Å². The van der Waals surface area contributed by atoms with E-state index >= 15 is 0 Å². The molecule has 6 heavy (non-hydrogen) atoms. The molecule has 35 valence electrons. The highest BCUT2D eigenvalue weighted by atomic mass is 35.5. The molecule has 1 radical (unpaired) electrons. The zero-order valence-electron chi connectivity index (χ0n) is 3.87. The van der Waals surface area contributed by atoms with Crippen molar-refractivity contribution in [2.45, 2.75) is 24.6 Å². The van der Waals surface area contributed by atoms with Gasteiger partial charge in [-0.2, -0.15) is 0 Å². The first kappa shape index (κ1) is 4.45. The van der Waals surface area contributed by atoms with E-state index < -0.39 is 0 Å². The quantitative estimate of drug-likeness (QED) is 0.412. The van der Waals surface area contributed by atoms with Crippen LogP contribution in [0.5, 0.6) is 0 Å². The van der Waals surface area contributed by atoms with Crippen molar-refractivity contribution in [3.63, 3.8) is 0 Å². The van der Waals surface area contributed by atoms with Crippen molar-refractivity contribution in [2.75, 3.05) is 0 Å². The standard InChI is InChI=1S/C5H8Cl/c1-5(6)3-2-4-5/h3H,2,4H2,1H3. The summed E-state index contributed by atoms with van der Waals surface area (Å²) >= 11 is 5.75. The van der Waals surface area contributed by atoms with Gasteiger partial charge >= 0.3 is 0 Å². The van der Waals surface area contributed by atoms with Crippen molar-refractivity contribution >= 4 is 11.6 Å². The lowest BCUT2D eigenvalue weighted by Crippen LogP contribution is -2.26. The number of hydrogen-bond acceptors (Lipinski definition) is 0. The summed E-state index contributed by atoms with van der Waals surface area (Å²) in [5.74, 6) is 0. The largest absolute Gasteiger partial charge is 0.119 e. The summed E-state index contributed by atoms with van der Waals surface area (Å²) in [6, 6.07) is 0. The van der Waals surface area contributed by atoms with E-state index in [4.69, 9.17) is 11.6 Å². The highest BCUT2D eigenvalue weighted by Gasteiger charge is 2.28. The van der Waals surface area contributed by atoms with Crippen LogP contribution < -0.4 is 0 Å². The van der Waals surface area contributed by atoms with Crippen LogP contribution in [0.1, 0.15) is 19.8 Å². The molecule has 1 fully saturated rings. The van der Waals surface area contributed by atoms with Gasteiger partial charge in [0.1, 0.15) is 0 Å². The first-order chi connectivity index (χ1) is 2.71. The molecular formula is C5H8Cl. The molecule has 0 heterocycles. The molecule has 0 aromatic carbocycles. The van der Waals surface area contributed by atoms with Crippen molar-refractivity contribution in [2.24, 2.45) is 0 Å². The van der Waals surface area contributed by atoms with Crippen molar-refractivity contribution < 1.29 is 0 Å². The molecule has 0 aromatic heterocycles. The second kappa shape index (κ2) is 1.13. The van der Waals surface area contributed by atoms with E-state index in [1.165, 1.54) is 6.42 Å². The summed E-state index contributed by atoms with van der Waals surface area (Å²) in [5, 5.41) is 0. The van der Waals surface area contributed by atoms with Gasteiger partial charge in [-0.15, -0.1) is 11.6 Å². The van der Waals surface area contributed by atoms with E-state index in [1.54, 1.807) is 0 Å². The fourth-order valence-electron chi connectivity index (χ4n) is 0.542.